The molecular weight excluding hydrogens is 396 g/mol. The minimum absolute atomic E-state index is 0.0197. The highest BCUT2D eigenvalue weighted by molar-refractivity contribution is 7.98. The number of rotatable bonds is 6. The first-order valence-corrected chi connectivity index (χ1v) is 11.1. The summed E-state index contributed by atoms with van der Waals surface area (Å²) in [4.78, 5) is 28.4. The SMILES string of the molecule is O=C(Nc1ccccc1)C1CCN(C(=O)c2occc2CSc2ccccc2)CC1. The molecule has 0 unspecified atom stereocenters. The lowest BCUT2D eigenvalue weighted by molar-refractivity contribution is -0.121. The van der Waals surface area contributed by atoms with Crippen LogP contribution in [0.4, 0.5) is 5.69 Å². The van der Waals surface area contributed by atoms with Gasteiger partial charge in [0.15, 0.2) is 5.76 Å². The topological polar surface area (TPSA) is 62.6 Å². The fourth-order valence-corrected chi connectivity index (χ4v) is 4.47. The minimum atomic E-state index is -0.0921. The number of carbonyl (C=O) groups excluding carboxylic acids is 2. The molecule has 6 heteroatoms. The third-order valence-corrected chi connectivity index (χ3v) is 6.33. The fraction of sp³-hybridized carbons (Fsp3) is 0.250. The molecule has 1 saturated heterocycles. The van der Waals surface area contributed by atoms with Gasteiger partial charge in [-0.05, 0) is 43.2 Å². The number of furan rings is 1. The van der Waals surface area contributed by atoms with E-state index < -0.39 is 0 Å². The first-order chi connectivity index (χ1) is 14.7. The van der Waals surface area contributed by atoms with Crippen LogP contribution in [0, 0.1) is 5.92 Å². The summed E-state index contributed by atoms with van der Waals surface area (Å²) in [6.45, 7) is 1.11. The lowest BCUT2D eigenvalue weighted by atomic mass is 9.95. The number of hydrogen-bond acceptors (Lipinski definition) is 4. The van der Waals surface area contributed by atoms with Crippen LogP contribution in [0.5, 0.6) is 0 Å². The van der Waals surface area contributed by atoms with Gasteiger partial charge >= 0.3 is 0 Å². The van der Waals surface area contributed by atoms with Crippen molar-refractivity contribution in [3.8, 4) is 0 Å². The van der Waals surface area contributed by atoms with Gasteiger partial charge in [0.25, 0.3) is 5.91 Å². The summed E-state index contributed by atoms with van der Waals surface area (Å²) in [6, 6.07) is 21.4. The van der Waals surface area contributed by atoms with Crippen LogP contribution in [0.15, 0.2) is 82.3 Å². The monoisotopic (exact) mass is 420 g/mol. The van der Waals surface area contributed by atoms with Gasteiger partial charge in [0.2, 0.25) is 5.91 Å². The lowest BCUT2D eigenvalue weighted by Crippen LogP contribution is -2.41. The second-order valence-electron chi connectivity index (χ2n) is 7.30. The molecule has 154 valence electrons. The van der Waals surface area contributed by atoms with E-state index in [2.05, 4.69) is 17.4 Å². The second kappa shape index (κ2) is 9.67. The Balaban J connectivity index is 1.31. The molecule has 5 nitrogen and oxygen atoms in total. The highest BCUT2D eigenvalue weighted by Crippen LogP contribution is 2.27. The average molecular weight is 421 g/mol. The molecule has 0 atom stereocenters. The van der Waals surface area contributed by atoms with Crippen LogP contribution in [0.3, 0.4) is 0 Å². The smallest absolute Gasteiger partial charge is 0.289 e. The van der Waals surface area contributed by atoms with E-state index in [1.54, 1.807) is 22.9 Å². The Morgan fingerprint density at radius 2 is 1.63 bits per heavy atom. The van der Waals surface area contributed by atoms with Gasteiger partial charge in [-0.3, -0.25) is 9.59 Å². The van der Waals surface area contributed by atoms with Crippen molar-refractivity contribution < 1.29 is 14.0 Å². The first-order valence-electron chi connectivity index (χ1n) is 10.1. The number of amides is 2. The molecule has 2 heterocycles. The molecule has 1 aliphatic rings. The van der Waals surface area contributed by atoms with Crippen molar-refractivity contribution in [3.05, 3.63) is 84.3 Å². The first kappa shape index (κ1) is 20.3. The molecule has 3 aromatic rings. The normalized spacial score (nSPS) is 14.5. The van der Waals surface area contributed by atoms with E-state index >= 15 is 0 Å². The van der Waals surface area contributed by atoms with Crippen LogP contribution in [-0.4, -0.2) is 29.8 Å². The van der Waals surface area contributed by atoms with E-state index in [0.29, 0.717) is 37.4 Å². The van der Waals surface area contributed by atoms with Crippen LogP contribution in [0.2, 0.25) is 0 Å². The molecule has 0 aliphatic carbocycles. The third-order valence-electron chi connectivity index (χ3n) is 5.27. The van der Waals surface area contributed by atoms with Gasteiger partial charge in [-0.25, -0.2) is 0 Å². The molecule has 1 fully saturated rings. The number of thioether (sulfide) groups is 1. The highest BCUT2D eigenvalue weighted by Gasteiger charge is 2.30. The van der Waals surface area contributed by atoms with E-state index in [9.17, 15) is 9.59 Å². The van der Waals surface area contributed by atoms with Crippen molar-refractivity contribution in [3.63, 3.8) is 0 Å². The van der Waals surface area contributed by atoms with Gasteiger partial charge in [-0.2, -0.15) is 0 Å². The molecule has 0 bridgehead atoms. The molecule has 4 rings (SSSR count). The van der Waals surface area contributed by atoms with Crippen LogP contribution in [0.25, 0.3) is 0 Å². The number of benzene rings is 2. The molecule has 2 aromatic carbocycles. The molecule has 1 N–H and O–H groups in total. The number of piperidine rings is 1. The maximum Gasteiger partial charge on any atom is 0.289 e. The number of nitrogens with one attached hydrogen (secondary N) is 1. The number of anilines is 1. The quantitative estimate of drug-likeness (QED) is 0.566. The molecule has 1 aromatic heterocycles. The Hall–Kier alpha value is -2.99. The Morgan fingerprint density at radius 1 is 0.967 bits per heavy atom. The van der Waals surface area contributed by atoms with E-state index in [0.717, 1.165) is 16.1 Å². The van der Waals surface area contributed by atoms with E-state index in [1.165, 1.54) is 0 Å². The van der Waals surface area contributed by atoms with Crippen LogP contribution < -0.4 is 5.32 Å². The average Bonchev–Trinajstić information content (AvgIpc) is 3.27. The van der Waals surface area contributed by atoms with Crippen molar-refractivity contribution >= 4 is 29.3 Å². The van der Waals surface area contributed by atoms with Crippen molar-refractivity contribution in [2.75, 3.05) is 18.4 Å². The van der Waals surface area contributed by atoms with Crippen molar-refractivity contribution in [2.45, 2.75) is 23.5 Å². The lowest BCUT2D eigenvalue weighted by Gasteiger charge is -2.31. The Bertz CT molecular complexity index is 980. The zero-order valence-corrected chi connectivity index (χ0v) is 17.4. The molecule has 30 heavy (non-hydrogen) atoms. The summed E-state index contributed by atoms with van der Waals surface area (Å²) in [5.41, 5.74) is 1.70. The zero-order chi connectivity index (χ0) is 20.8. The summed E-state index contributed by atoms with van der Waals surface area (Å²) in [7, 11) is 0. The van der Waals surface area contributed by atoms with Crippen molar-refractivity contribution in [1.29, 1.82) is 0 Å². The summed E-state index contributed by atoms with van der Waals surface area (Å²) >= 11 is 1.68. The Morgan fingerprint density at radius 3 is 2.33 bits per heavy atom. The van der Waals surface area contributed by atoms with Gasteiger partial charge in [-0.1, -0.05) is 36.4 Å². The largest absolute Gasteiger partial charge is 0.459 e. The van der Waals surface area contributed by atoms with Gasteiger partial charge in [0, 0.05) is 40.9 Å². The summed E-state index contributed by atoms with van der Waals surface area (Å²) in [5.74, 6) is 0.929. The second-order valence-corrected chi connectivity index (χ2v) is 8.35. The number of para-hydroxylation sites is 1. The summed E-state index contributed by atoms with van der Waals surface area (Å²) < 4.78 is 5.54. The molecule has 0 radical (unpaired) electrons. The molecular formula is C24H24N2O3S. The van der Waals surface area contributed by atoms with Crippen molar-refractivity contribution in [1.82, 2.24) is 4.90 Å². The van der Waals surface area contributed by atoms with E-state index in [1.807, 2.05) is 54.6 Å². The van der Waals surface area contributed by atoms with E-state index in [-0.39, 0.29) is 17.7 Å². The van der Waals surface area contributed by atoms with Gasteiger partial charge < -0.3 is 14.6 Å². The number of nitrogens with zero attached hydrogens (tertiary/aromatic N) is 1. The van der Waals surface area contributed by atoms with Gasteiger partial charge in [0.05, 0.1) is 6.26 Å². The van der Waals surface area contributed by atoms with Crippen molar-refractivity contribution in [2.24, 2.45) is 5.92 Å². The van der Waals surface area contributed by atoms with Crippen LogP contribution in [-0.2, 0) is 10.5 Å². The number of carbonyl (C=O) groups is 2. The van der Waals surface area contributed by atoms with Gasteiger partial charge in [0.1, 0.15) is 0 Å². The van der Waals surface area contributed by atoms with E-state index in [4.69, 9.17) is 4.42 Å². The maximum absolute atomic E-state index is 13.0. The Kier molecular flexibility index (Phi) is 6.54. The molecule has 2 amide bonds. The summed E-state index contributed by atoms with van der Waals surface area (Å²) in [6.07, 6.45) is 2.88. The standard InChI is InChI=1S/C24H24N2O3S/c27-23(25-20-7-3-1-4-8-20)18-11-14-26(15-12-18)24(28)22-19(13-16-29-22)17-30-21-9-5-2-6-10-21/h1-10,13,16,18H,11-12,14-15,17H2,(H,25,27). The highest BCUT2D eigenvalue weighted by atomic mass is 32.2. The minimum Gasteiger partial charge on any atom is -0.459 e. The van der Waals surface area contributed by atoms with Gasteiger partial charge in [-0.15, -0.1) is 11.8 Å². The fourth-order valence-electron chi connectivity index (χ4n) is 3.57. The maximum atomic E-state index is 13.0. The van der Waals surface area contributed by atoms with Crippen LogP contribution in [0.1, 0.15) is 29.0 Å². The van der Waals surface area contributed by atoms with Crippen LogP contribution >= 0.6 is 11.8 Å². The predicted octanol–water partition coefficient (Wildman–Crippen LogP) is 5.06. The zero-order valence-electron chi connectivity index (χ0n) is 16.6. The number of likely N-dealkylation sites (tertiary alicyclic amines) is 1. The number of hydrogen-bond donors (Lipinski definition) is 1. The Labute approximate surface area is 180 Å². The third kappa shape index (κ3) is 4.94. The molecule has 0 spiro atoms. The summed E-state index contributed by atoms with van der Waals surface area (Å²) in [5, 5.41) is 2.96. The molecule has 1 aliphatic heterocycles. The predicted molar refractivity (Wildman–Crippen MR) is 118 cm³/mol. The molecule has 0 saturated carbocycles.